The van der Waals surface area contributed by atoms with Gasteiger partial charge in [0.2, 0.25) is 0 Å². The van der Waals surface area contributed by atoms with Crippen LogP contribution < -0.4 is 16.6 Å². The standard InChI is InChI=1S/C13H11N5S2/c14-13(19)18-17-12-11-9(15-7-16-12)6-10(20-11)8-4-2-1-3-5-8/h1-7H,(H3,14,18,19)(H,15,16,17). The first-order chi connectivity index (χ1) is 9.74. The average Bonchev–Trinajstić information content (AvgIpc) is 2.90. The van der Waals surface area contributed by atoms with E-state index in [0.717, 1.165) is 20.7 Å². The molecule has 0 atom stereocenters. The van der Waals surface area contributed by atoms with Gasteiger partial charge in [-0.05, 0) is 23.8 Å². The number of nitrogens with zero attached hydrogens (tertiary/aromatic N) is 2. The zero-order valence-corrected chi connectivity index (χ0v) is 12.0. The number of nitrogens with one attached hydrogen (secondary N) is 2. The predicted octanol–water partition coefficient (Wildman–Crippen LogP) is 2.52. The highest BCUT2D eigenvalue weighted by Crippen LogP contribution is 2.35. The quantitative estimate of drug-likeness (QED) is 0.510. The molecule has 2 aromatic heterocycles. The van der Waals surface area contributed by atoms with E-state index in [9.17, 15) is 0 Å². The van der Waals surface area contributed by atoms with Crippen molar-refractivity contribution in [2.45, 2.75) is 0 Å². The van der Waals surface area contributed by atoms with Crippen molar-refractivity contribution in [2.24, 2.45) is 5.73 Å². The third-order valence-electron chi connectivity index (χ3n) is 2.67. The molecular formula is C13H11N5S2. The molecule has 0 spiro atoms. The smallest absolute Gasteiger partial charge is 0.182 e. The number of hydrogen-bond acceptors (Lipinski definition) is 5. The van der Waals surface area contributed by atoms with Crippen LogP contribution in [0, 0.1) is 0 Å². The molecule has 5 nitrogen and oxygen atoms in total. The van der Waals surface area contributed by atoms with Gasteiger partial charge >= 0.3 is 0 Å². The summed E-state index contributed by atoms with van der Waals surface area (Å²) in [5.74, 6) is 0.662. The van der Waals surface area contributed by atoms with Crippen LogP contribution in [0.4, 0.5) is 5.82 Å². The predicted molar refractivity (Wildman–Crippen MR) is 86.4 cm³/mol. The zero-order valence-electron chi connectivity index (χ0n) is 10.3. The normalized spacial score (nSPS) is 10.4. The largest absolute Gasteiger partial charge is 0.375 e. The highest BCUT2D eigenvalue weighted by Gasteiger charge is 2.09. The summed E-state index contributed by atoms with van der Waals surface area (Å²) < 4.78 is 0.954. The first-order valence-corrected chi connectivity index (χ1v) is 7.08. The maximum Gasteiger partial charge on any atom is 0.182 e. The molecule has 1 aromatic carbocycles. The lowest BCUT2D eigenvalue weighted by molar-refractivity contribution is 1.08. The molecule has 0 amide bonds. The van der Waals surface area contributed by atoms with E-state index in [1.807, 2.05) is 24.3 Å². The second-order valence-corrected chi connectivity index (χ2v) is 5.52. The molecular weight excluding hydrogens is 290 g/mol. The van der Waals surface area contributed by atoms with Crippen molar-refractivity contribution >= 4 is 44.7 Å². The van der Waals surface area contributed by atoms with Gasteiger partial charge in [0.15, 0.2) is 10.9 Å². The molecule has 3 rings (SSSR count). The number of anilines is 1. The number of fused-ring (bicyclic) bond motifs is 1. The van der Waals surface area contributed by atoms with Gasteiger partial charge in [0.1, 0.15) is 6.33 Å². The van der Waals surface area contributed by atoms with E-state index in [0.29, 0.717) is 5.82 Å². The lowest BCUT2D eigenvalue weighted by Gasteiger charge is -2.06. The Labute approximate surface area is 124 Å². The van der Waals surface area contributed by atoms with E-state index in [4.69, 9.17) is 18.0 Å². The van der Waals surface area contributed by atoms with Crippen LogP contribution in [-0.4, -0.2) is 15.1 Å². The number of nitrogens with two attached hydrogens (primary N) is 1. The maximum atomic E-state index is 5.40. The molecule has 20 heavy (non-hydrogen) atoms. The van der Waals surface area contributed by atoms with Gasteiger partial charge in [0.25, 0.3) is 0 Å². The molecule has 0 aliphatic heterocycles. The summed E-state index contributed by atoms with van der Waals surface area (Å²) in [6, 6.07) is 12.2. The number of thiocarbonyl (C=S) groups is 1. The van der Waals surface area contributed by atoms with Crippen molar-refractivity contribution in [3.63, 3.8) is 0 Å². The Morgan fingerprint density at radius 3 is 2.75 bits per heavy atom. The molecule has 2 heterocycles. The Morgan fingerprint density at radius 1 is 1.20 bits per heavy atom. The van der Waals surface area contributed by atoms with Gasteiger partial charge < -0.3 is 5.73 Å². The third-order valence-corrected chi connectivity index (χ3v) is 3.96. The van der Waals surface area contributed by atoms with Crippen molar-refractivity contribution in [3.05, 3.63) is 42.7 Å². The Balaban J connectivity index is 2.02. The fraction of sp³-hybridized carbons (Fsp3) is 0. The summed E-state index contributed by atoms with van der Waals surface area (Å²) in [5.41, 5.74) is 13.0. The molecule has 0 radical (unpaired) electrons. The molecule has 0 saturated carbocycles. The van der Waals surface area contributed by atoms with Gasteiger partial charge in [-0.2, -0.15) is 0 Å². The monoisotopic (exact) mass is 301 g/mol. The van der Waals surface area contributed by atoms with Gasteiger partial charge in [-0.1, -0.05) is 30.3 Å². The van der Waals surface area contributed by atoms with E-state index < -0.39 is 0 Å². The summed E-state index contributed by atoms with van der Waals surface area (Å²) in [4.78, 5) is 9.62. The average molecular weight is 301 g/mol. The van der Waals surface area contributed by atoms with Crippen molar-refractivity contribution in [2.75, 3.05) is 5.43 Å². The van der Waals surface area contributed by atoms with E-state index in [1.165, 1.54) is 6.33 Å². The number of rotatable bonds is 3. The highest BCUT2D eigenvalue weighted by molar-refractivity contribution is 7.80. The van der Waals surface area contributed by atoms with Crippen LogP contribution in [0.1, 0.15) is 0 Å². The van der Waals surface area contributed by atoms with Crippen molar-refractivity contribution in [1.29, 1.82) is 0 Å². The van der Waals surface area contributed by atoms with Crippen molar-refractivity contribution in [3.8, 4) is 10.4 Å². The minimum atomic E-state index is 0.164. The number of hydrogen-bond donors (Lipinski definition) is 3. The van der Waals surface area contributed by atoms with E-state index in [1.54, 1.807) is 11.3 Å². The Bertz CT molecular complexity index is 754. The SMILES string of the molecule is NC(=S)NNc1ncnc2cc(-c3ccccc3)sc12. The number of aromatic nitrogens is 2. The van der Waals surface area contributed by atoms with Crippen LogP contribution in [0.2, 0.25) is 0 Å². The minimum absolute atomic E-state index is 0.164. The summed E-state index contributed by atoms with van der Waals surface area (Å²) in [7, 11) is 0. The van der Waals surface area contributed by atoms with E-state index in [2.05, 4.69) is 33.0 Å². The summed E-state index contributed by atoms with van der Waals surface area (Å²) >= 11 is 6.38. The first kappa shape index (κ1) is 12.8. The molecule has 0 aliphatic carbocycles. The van der Waals surface area contributed by atoms with Crippen LogP contribution in [0.3, 0.4) is 0 Å². The molecule has 4 N–H and O–H groups in total. The summed E-state index contributed by atoms with van der Waals surface area (Å²) in [6.45, 7) is 0. The van der Waals surface area contributed by atoms with Gasteiger partial charge in [-0.25, -0.2) is 9.97 Å². The highest BCUT2D eigenvalue weighted by atomic mass is 32.1. The molecule has 0 aliphatic rings. The summed E-state index contributed by atoms with van der Waals surface area (Å²) in [5, 5.41) is 0.164. The van der Waals surface area contributed by atoms with Gasteiger partial charge in [-0.3, -0.25) is 10.9 Å². The van der Waals surface area contributed by atoms with E-state index >= 15 is 0 Å². The topological polar surface area (TPSA) is 75.9 Å². The molecule has 0 bridgehead atoms. The lowest BCUT2D eigenvalue weighted by Crippen LogP contribution is -2.34. The second-order valence-electron chi connectivity index (χ2n) is 4.03. The lowest BCUT2D eigenvalue weighted by atomic mass is 10.2. The first-order valence-electron chi connectivity index (χ1n) is 5.85. The van der Waals surface area contributed by atoms with Gasteiger partial charge in [-0.15, -0.1) is 11.3 Å². The van der Waals surface area contributed by atoms with Gasteiger partial charge in [0.05, 0.1) is 10.2 Å². The number of benzene rings is 1. The molecule has 0 fully saturated rings. The Kier molecular flexibility index (Phi) is 3.44. The summed E-state index contributed by atoms with van der Waals surface area (Å²) in [6.07, 6.45) is 1.51. The minimum Gasteiger partial charge on any atom is -0.375 e. The molecule has 0 unspecified atom stereocenters. The van der Waals surface area contributed by atoms with Crippen LogP contribution in [0.15, 0.2) is 42.7 Å². The van der Waals surface area contributed by atoms with E-state index in [-0.39, 0.29) is 5.11 Å². The van der Waals surface area contributed by atoms with Crippen LogP contribution in [0.5, 0.6) is 0 Å². The molecule has 3 aromatic rings. The van der Waals surface area contributed by atoms with Crippen LogP contribution >= 0.6 is 23.6 Å². The van der Waals surface area contributed by atoms with Crippen LogP contribution in [-0.2, 0) is 0 Å². The van der Waals surface area contributed by atoms with Crippen LogP contribution in [0.25, 0.3) is 20.7 Å². The maximum absolute atomic E-state index is 5.40. The fourth-order valence-electron chi connectivity index (χ4n) is 1.81. The number of thiophene rings is 1. The number of hydrazine groups is 1. The molecule has 7 heteroatoms. The third kappa shape index (κ3) is 2.54. The van der Waals surface area contributed by atoms with Crippen molar-refractivity contribution < 1.29 is 0 Å². The van der Waals surface area contributed by atoms with Crippen molar-refractivity contribution in [1.82, 2.24) is 15.4 Å². The van der Waals surface area contributed by atoms with Gasteiger partial charge in [0, 0.05) is 4.88 Å². The molecule has 100 valence electrons. The molecule has 0 saturated heterocycles. The second kappa shape index (κ2) is 5.40. The Morgan fingerprint density at radius 2 is 2.00 bits per heavy atom. The fourth-order valence-corrected chi connectivity index (χ4v) is 2.92. The zero-order chi connectivity index (χ0) is 13.9. The Hall–Kier alpha value is -2.25.